The van der Waals surface area contributed by atoms with Gasteiger partial charge in [0.15, 0.2) is 0 Å². The molecule has 0 spiro atoms. The first-order valence-electron chi connectivity index (χ1n) is 8.22. The SMILES string of the molecule is C[C@@H](C(=O)Nc1nnc(C2CC2)s1)N1C(=O)C2CC=CCC2C1=O. The van der Waals surface area contributed by atoms with Crippen LogP contribution >= 0.6 is 11.3 Å². The van der Waals surface area contributed by atoms with Crippen molar-refractivity contribution in [2.24, 2.45) is 11.8 Å². The number of imide groups is 1. The first kappa shape index (κ1) is 15.4. The Morgan fingerprint density at radius 2 is 1.83 bits per heavy atom. The average Bonchev–Trinajstić information content (AvgIpc) is 3.28. The number of aromatic nitrogens is 2. The Hall–Kier alpha value is -2.09. The van der Waals surface area contributed by atoms with E-state index >= 15 is 0 Å². The lowest BCUT2D eigenvalue weighted by atomic mass is 9.85. The van der Waals surface area contributed by atoms with Crippen LogP contribution in [0.3, 0.4) is 0 Å². The molecule has 2 aliphatic carbocycles. The van der Waals surface area contributed by atoms with Crippen molar-refractivity contribution in [3.63, 3.8) is 0 Å². The molecule has 2 unspecified atom stereocenters. The maximum absolute atomic E-state index is 12.5. The lowest BCUT2D eigenvalue weighted by Crippen LogP contribution is -2.46. The van der Waals surface area contributed by atoms with E-state index in [1.807, 2.05) is 12.2 Å². The number of allylic oxidation sites excluding steroid dienone is 2. The Morgan fingerprint density at radius 3 is 2.42 bits per heavy atom. The number of nitrogens with one attached hydrogen (secondary N) is 1. The fourth-order valence-corrected chi connectivity index (χ4v) is 4.23. The van der Waals surface area contributed by atoms with Crippen molar-refractivity contribution in [1.82, 2.24) is 15.1 Å². The van der Waals surface area contributed by atoms with E-state index in [-0.39, 0.29) is 23.7 Å². The molecule has 2 heterocycles. The average molecular weight is 346 g/mol. The summed E-state index contributed by atoms with van der Waals surface area (Å²) < 4.78 is 0. The maximum atomic E-state index is 12.5. The first-order chi connectivity index (χ1) is 11.6. The van der Waals surface area contributed by atoms with Gasteiger partial charge in [0.2, 0.25) is 22.9 Å². The van der Waals surface area contributed by atoms with Crippen LogP contribution in [0.4, 0.5) is 5.13 Å². The van der Waals surface area contributed by atoms with Crippen LogP contribution in [0.5, 0.6) is 0 Å². The molecular weight excluding hydrogens is 328 g/mol. The Labute approximate surface area is 143 Å². The number of fused-ring (bicyclic) bond motifs is 1. The van der Waals surface area contributed by atoms with Gasteiger partial charge in [-0.3, -0.25) is 24.6 Å². The molecule has 0 aromatic carbocycles. The lowest BCUT2D eigenvalue weighted by molar-refractivity contribution is -0.146. The van der Waals surface area contributed by atoms with Crippen molar-refractivity contribution in [1.29, 1.82) is 0 Å². The molecule has 7 nitrogen and oxygen atoms in total. The van der Waals surface area contributed by atoms with E-state index in [0.717, 1.165) is 22.7 Å². The molecule has 3 amide bonds. The maximum Gasteiger partial charge on any atom is 0.249 e. The molecule has 3 aliphatic rings. The highest BCUT2D eigenvalue weighted by Gasteiger charge is 2.50. The predicted molar refractivity (Wildman–Crippen MR) is 87.2 cm³/mol. The van der Waals surface area contributed by atoms with Gasteiger partial charge in [0.1, 0.15) is 11.0 Å². The van der Waals surface area contributed by atoms with Crippen LogP contribution in [0.1, 0.15) is 43.5 Å². The van der Waals surface area contributed by atoms with E-state index in [4.69, 9.17) is 0 Å². The van der Waals surface area contributed by atoms with Crippen LogP contribution in [-0.2, 0) is 14.4 Å². The minimum Gasteiger partial charge on any atom is -0.299 e. The Morgan fingerprint density at radius 1 is 1.21 bits per heavy atom. The van der Waals surface area contributed by atoms with Crippen LogP contribution in [0.25, 0.3) is 0 Å². The van der Waals surface area contributed by atoms with Crippen molar-refractivity contribution in [3.05, 3.63) is 17.2 Å². The minimum absolute atomic E-state index is 0.243. The summed E-state index contributed by atoms with van der Waals surface area (Å²) in [6, 6.07) is -0.844. The van der Waals surface area contributed by atoms with Crippen LogP contribution in [0.15, 0.2) is 12.2 Å². The fourth-order valence-electron chi connectivity index (χ4n) is 3.32. The summed E-state index contributed by atoms with van der Waals surface area (Å²) in [5.74, 6) is -1.05. The van der Waals surface area contributed by atoms with Gasteiger partial charge in [0.25, 0.3) is 0 Å². The van der Waals surface area contributed by atoms with Gasteiger partial charge >= 0.3 is 0 Å². The number of amides is 3. The quantitative estimate of drug-likeness (QED) is 0.662. The summed E-state index contributed by atoms with van der Waals surface area (Å²) in [5.41, 5.74) is 0. The first-order valence-corrected chi connectivity index (χ1v) is 9.04. The number of anilines is 1. The van der Waals surface area contributed by atoms with E-state index in [1.165, 1.54) is 11.3 Å². The van der Waals surface area contributed by atoms with Gasteiger partial charge < -0.3 is 0 Å². The molecule has 1 saturated carbocycles. The van der Waals surface area contributed by atoms with Gasteiger partial charge in [-0.15, -0.1) is 10.2 Å². The molecule has 0 bridgehead atoms. The molecule has 1 aliphatic heterocycles. The molecule has 126 valence electrons. The smallest absolute Gasteiger partial charge is 0.249 e. The molecule has 1 aromatic heterocycles. The Kier molecular flexibility index (Phi) is 3.71. The van der Waals surface area contributed by atoms with Gasteiger partial charge in [-0.1, -0.05) is 23.5 Å². The van der Waals surface area contributed by atoms with Crippen LogP contribution in [0, 0.1) is 11.8 Å². The highest BCUT2D eigenvalue weighted by atomic mass is 32.1. The standard InChI is InChI=1S/C16H18N4O3S/c1-8(12(21)17-16-19-18-13(24-16)9-6-7-9)20-14(22)10-4-2-3-5-11(10)15(20)23/h2-3,8-11H,4-7H2,1H3,(H,17,19,21)/t8-,10?,11?/m0/s1. The van der Waals surface area contributed by atoms with E-state index in [2.05, 4.69) is 15.5 Å². The summed E-state index contributed by atoms with van der Waals surface area (Å²) in [6.07, 6.45) is 7.24. The van der Waals surface area contributed by atoms with Crippen LogP contribution < -0.4 is 5.32 Å². The summed E-state index contributed by atoms with van der Waals surface area (Å²) in [6.45, 7) is 1.58. The second-order valence-corrected chi connectivity index (χ2v) is 7.60. The van der Waals surface area contributed by atoms with Crippen molar-refractivity contribution in [2.45, 2.75) is 44.6 Å². The van der Waals surface area contributed by atoms with Crippen molar-refractivity contribution in [2.75, 3.05) is 5.32 Å². The second-order valence-electron chi connectivity index (χ2n) is 6.59. The molecule has 2 fully saturated rings. The van der Waals surface area contributed by atoms with Crippen molar-refractivity contribution in [3.8, 4) is 0 Å². The van der Waals surface area contributed by atoms with E-state index < -0.39 is 11.9 Å². The molecule has 3 atom stereocenters. The van der Waals surface area contributed by atoms with Gasteiger partial charge in [0, 0.05) is 5.92 Å². The van der Waals surface area contributed by atoms with E-state index in [9.17, 15) is 14.4 Å². The van der Waals surface area contributed by atoms with Gasteiger partial charge in [0.05, 0.1) is 11.8 Å². The number of likely N-dealkylation sites (tertiary alicyclic amines) is 1. The zero-order chi connectivity index (χ0) is 16.8. The van der Waals surface area contributed by atoms with Crippen LogP contribution in [-0.4, -0.2) is 38.9 Å². The number of rotatable bonds is 4. The highest BCUT2D eigenvalue weighted by molar-refractivity contribution is 7.15. The number of carbonyl (C=O) groups is 3. The molecular formula is C16H18N4O3S. The highest BCUT2D eigenvalue weighted by Crippen LogP contribution is 2.42. The molecule has 1 aromatic rings. The summed E-state index contributed by atoms with van der Waals surface area (Å²) >= 11 is 1.36. The largest absolute Gasteiger partial charge is 0.299 e. The lowest BCUT2D eigenvalue weighted by Gasteiger charge is -2.21. The molecule has 24 heavy (non-hydrogen) atoms. The summed E-state index contributed by atoms with van der Waals surface area (Å²) in [4.78, 5) is 38.6. The number of nitrogens with zero attached hydrogens (tertiary/aromatic N) is 3. The number of hydrogen-bond acceptors (Lipinski definition) is 6. The van der Waals surface area contributed by atoms with Gasteiger partial charge in [-0.25, -0.2) is 0 Å². The number of hydrogen-bond donors (Lipinski definition) is 1. The molecule has 1 N–H and O–H groups in total. The van der Waals surface area contributed by atoms with Gasteiger partial charge in [-0.05, 0) is 32.6 Å². The second kappa shape index (κ2) is 5.77. The zero-order valence-corrected chi connectivity index (χ0v) is 14.1. The van der Waals surface area contributed by atoms with Crippen molar-refractivity contribution < 1.29 is 14.4 Å². The third kappa shape index (κ3) is 2.54. The third-order valence-electron chi connectivity index (χ3n) is 4.91. The number of carbonyl (C=O) groups excluding carboxylic acids is 3. The molecule has 1 saturated heterocycles. The fraction of sp³-hybridized carbons (Fsp3) is 0.562. The third-order valence-corrected chi connectivity index (χ3v) is 5.91. The Bertz CT molecular complexity index is 713. The monoisotopic (exact) mass is 346 g/mol. The predicted octanol–water partition coefficient (Wildman–Crippen LogP) is 1.69. The minimum atomic E-state index is -0.844. The zero-order valence-electron chi connectivity index (χ0n) is 13.3. The van der Waals surface area contributed by atoms with E-state index in [1.54, 1.807) is 6.92 Å². The molecule has 0 radical (unpaired) electrons. The van der Waals surface area contributed by atoms with E-state index in [0.29, 0.717) is 23.9 Å². The van der Waals surface area contributed by atoms with Crippen molar-refractivity contribution >= 4 is 34.2 Å². The summed E-state index contributed by atoms with van der Waals surface area (Å²) in [7, 11) is 0. The van der Waals surface area contributed by atoms with Gasteiger partial charge in [-0.2, -0.15) is 0 Å². The molecule has 4 rings (SSSR count). The van der Waals surface area contributed by atoms with Crippen LogP contribution in [0.2, 0.25) is 0 Å². The summed E-state index contributed by atoms with van der Waals surface area (Å²) in [5, 5.41) is 12.1. The topological polar surface area (TPSA) is 92.3 Å². The normalized spacial score (nSPS) is 27.3. The Balaban J connectivity index is 1.46. The molecule has 8 heteroatoms.